The van der Waals surface area contributed by atoms with E-state index in [2.05, 4.69) is 25.9 Å². The lowest BCUT2D eigenvalue weighted by Gasteiger charge is -2.31. The highest BCUT2D eigenvalue weighted by molar-refractivity contribution is 6.00. The van der Waals surface area contributed by atoms with E-state index in [1.807, 2.05) is 41.4 Å². The summed E-state index contributed by atoms with van der Waals surface area (Å²) in [6.07, 6.45) is 5.11. The van der Waals surface area contributed by atoms with Crippen LogP contribution in [0.3, 0.4) is 0 Å². The number of rotatable bonds is 5. The molecular weight excluding hydrogens is 290 g/mol. The van der Waals surface area contributed by atoms with Crippen LogP contribution in [0, 0.1) is 5.92 Å². The summed E-state index contributed by atoms with van der Waals surface area (Å²) in [7, 11) is 0. The fraction of sp³-hybridized carbons (Fsp3) is 0.333. The van der Waals surface area contributed by atoms with Crippen molar-refractivity contribution in [3.63, 3.8) is 0 Å². The van der Waals surface area contributed by atoms with E-state index < -0.39 is 0 Å². The number of carbonyl (C=O) groups excluding carboxylic acids is 1. The lowest BCUT2D eigenvalue weighted by Crippen LogP contribution is -2.40. The van der Waals surface area contributed by atoms with Crippen LogP contribution < -0.4 is 0 Å². The van der Waals surface area contributed by atoms with Crippen molar-refractivity contribution < 1.29 is 9.21 Å². The molecule has 3 rings (SSSR count). The van der Waals surface area contributed by atoms with E-state index in [1.54, 1.807) is 17.0 Å². The Bertz CT molecular complexity index is 790. The number of hydrogen-bond acceptors (Lipinski definition) is 3. The van der Waals surface area contributed by atoms with E-state index >= 15 is 0 Å². The van der Waals surface area contributed by atoms with Crippen molar-refractivity contribution in [3.05, 3.63) is 60.3 Å². The van der Waals surface area contributed by atoms with Gasteiger partial charge in [0.25, 0.3) is 5.91 Å². The Hall–Kier alpha value is -2.56. The number of nitrogens with zero attached hydrogens (tertiary/aromatic N) is 3. The lowest BCUT2D eigenvalue weighted by molar-refractivity contribution is 0.0613. The van der Waals surface area contributed by atoms with E-state index in [0.717, 1.165) is 11.3 Å². The molecule has 5 nitrogen and oxygen atoms in total. The van der Waals surface area contributed by atoms with Crippen molar-refractivity contribution in [1.82, 2.24) is 14.5 Å². The molecule has 0 N–H and O–H groups in total. The standard InChI is InChI=1S/C18H21N3O2/c1-13(2)14(3)20(12-15-7-6-10-23-15)18(22)16-11-19-21-9-5-4-8-17(16)21/h4-11,13-14H,12H2,1-3H3/t14-/m0/s1. The molecule has 0 fully saturated rings. The van der Waals surface area contributed by atoms with Gasteiger partial charge in [0.1, 0.15) is 5.76 Å². The van der Waals surface area contributed by atoms with Gasteiger partial charge in [-0.05, 0) is 37.1 Å². The molecule has 0 bridgehead atoms. The largest absolute Gasteiger partial charge is 0.467 e. The summed E-state index contributed by atoms with van der Waals surface area (Å²) in [6.45, 7) is 6.75. The maximum Gasteiger partial charge on any atom is 0.258 e. The van der Waals surface area contributed by atoms with Crippen LogP contribution in [0.1, 0.15) is 36.9 Å². The molecule has 0 saturated carbocycles. The molecule has 3 heterocycles. The number of pyridine rings is 1. The molecule has 1 atom stereocenters. The summed E-state index contributed by atoms with van der Waals surface area (Å²) in [5.74, 6) is 1.10. The van der Waals surface area contributed by atoms with Crippen molar-refractivity contribution in [2.45, 2.75) is 33.4 Å². The Balaban J connectivity index is 1.96. The predicted octanol–water partition coefficient (Wildman–Crippen LogP) is 3.61. The first-order valence-corrected chi connectivity index (χ1v) is 7.83. The van der Waals surface area contributed by atoms with Crippen LogP contribution in [0.15, 0.2) is 53.4 Å². The average Bonchev–Trinajstić information content (AvgIpc) is 3.20. The number of fused-ring (bicyclic) bond motifs is 1. The summed E-state index contributed by atoms with van der Waals surface area (Å²) >= 11 is 0. The highest BCUT2D eigenvalue weighted by atomic mass is 16.3. The monoisotopic (exact) mass is 311 g/mol. The molecule has 5 heteroatoms. The maximum absolute atomic E-state index is 13.1. The van der Waals surface area contributed by atoms with Gasteiger partial charge in [-0.2, -0.15) is 5.10 Å². The fourth-order valence-electron chi connectivity index (χ4n) is 2.59. The highest BCUT2D eigenvalue weighted by Gasteiger charge is 2.26. The second-order valence-corrected chi connectivity index (χ2v) is 6.09. The van der Waals surface area contributed by atoms with Crippen LogP contribution in [-0.2, 0) is 6.54 Å². The van der Waals surface area contributed by atoms with E-state index in [4.69, 9.17) is 4.42 Å². The second kappa shape index (κ2) is 6.28. The van der Waals surface area contributed by atoms with Crippen LogP contribution in [-0.4, -0.2) is 26.5 Å². The molecule has 0 aliphatic heterocycles. The number of carbonyl (C=O) groups is 1. The van der Waals surface area contributed by atoms with Crippen molar-refractivity contribution >= 4 is 11.4 Å². The van der Waals surface area contributed by atoms with Gasteiger partial charge in [-0.15, -0.1) is 0 Å². The van der Waals surface area contributed by atoms with Crippen LogP contribution in [0.5, 0.6) is 0 Å². The third-order valence-electron chi connectivity index (χ3n) is 4.28. The molecule has 0 aromatic carbocycles. The first-order chi connectivity index (χ1) is 11.1. The lowest BCUT2D eigenvalue weighted by atomic mass is 10.0. The van der Waals surface area contributed by atoms with Gasteiger partial charge in [-0.25, -0.2) is 4.52 Å². The molecule has 0 unspecified atom stereocenters. The van der Waals surface area contributed by atoms with Crippen LogP contribution in [0.25, 0.3) is 5.52 Å². The Labute approximate surface area is 135 Å². The summed E-state index contributed by atoms with van der Waals surface area (Å²) in [5.41, 5.74) is 1.43. The van der Waals surface area contributed by atoms with Crippen LogP contribution in [0.2, 0.25) is 0 Å². The average molecular weight is 311 g/mol. The molecule has 0 aliphatic carbocycles. The van der Waals surface area contributed by atoms with Gasteiger partial charge in [0.2, 0.25) is 0 Å². The smallest absolute Gasteiger partial charge is 0.258 e. The van der Waals surface area contributed by atoms with Crippen molar-refractivity contribution in [2.75, 3.05) is 0 Å². The molecule has 0 saturated heterocycles. The zero-order valence-corrected chi connectivity index (χ0v) is 13.6. The number of amides is 1. The van der Waals surface area contributed by atoms with E-state index in [1.165, 1.54) is 0 Å². The normalized spacial score (nSPS) is 12.7. The van der Waals surface area contributed by atoms with Gasteiger partial charge in [0, 0.05) is 12.2 Å². The summed E-state index contributed by atoms with van der Waals surface area (Å²) in [4.78, 5) is 15.0. The minimum atomic E-state index is -0.0243. The van der Waals surface area contributed by atoms with Gasteiger partial charge < -0.3 is 9.32 Å². The molecule has 3 aromatic rings. The molecule has 1 amide bonds. The van der Waals surface area contributed by atoms with E-state index in [0.29, 0.717) is 18.0 Å². The third-order valence-corrected chi connectivity index (χ3v) is 4.28. The van der Waals surface area contributed by atoms with Crippen LogP contribution >= 0.6 is 0 Å². The van der Waals surface area contributed by atoms with Gasteiger partial charge in [-0.1, -0.05) is 19.9 Å². The van der Waals surface area contributed by atoms with Crippen molar-refractivity contribution in [1.29, 1.82) is 0 Å². The second-order valence-electron chi connectivity index (χ2n) is 6.09. The molecule has 0 spiro atoms. The first-order valence-electron chi connectivity index (χ1n) is 7.83. The van der Waals surface area contributed by atoms with Crippen molar-refractivity contribution in [3.8, 4) is 0 Å². The van der Waals surface area contributed by atoms with Crippen LogP contribution in [0.4, 0.5) is 0 Å². The quantitative estimate of drug-likeness (QED) is 0.723. The summed E-state index contributed by atoms with van der Waals surface area (Å²) < 4.78 is 7.15. The summed E-state index contributed by atoms with van der Waals surface area (Å²) in [5, 5.41) is 4.27. The van der Waals surface area contributed by atoms with E-state index in [9.17, 15) is 4.79 Å². The van der Waals surface area contributed by atoms with Gasteiger partial charge in [-0.3, -0.25) is 4.79 Å². The third kappa shape index (κ3) is 2.99. The number of furan rings is 1. The fourth-order valence-corrected chi connectivity index (χ4v) is 2.59. The number of aromatic nitrogens is 2. The molecule has 3 aromatic heterocycles. The first kappa shape index (κ1) is 15.3. The van der Waals surface area contributed by atoms with E-state index in [-0.39, 0.29) is 11.9 Å². The maximum atomic E-state index is 13.1. The Morgan fingerprint density at radius 1 is 1.26 bits per heavy atom. The zero-order chi connectivity index (χ0) is 16.4. The Morgan fingerprint density at radius 2 is 2.09 bits per heavy atom. The highest BCUT2D eigenvalue weighted by Crippen LogP contribution is 2.20. The minimum Gasteiger partial charge on any atom is -0.467 e. The molecule has 0 radical (unpaired) electrons. The zero-order valence-electron chi connectivity index (χ0n) is 13.6. The van der Waals surface area contributed by atoms with Gasteiger partial charge in [0.15, 0.2) is 0 Å². The molecule has 120 valence electrons. The predicted molar refractivity (Wildman–Crippen MR) is 88.1 cm³/mol. The molecule has 23 heavy (non-hydrogen) atoms. The molecule has 0 aliphatic rings. The SMILES string of the molecule is CC(C)[C@H](C)N(Cc1ccco1)C(=O)c1cnn2ccccc12. The Morgan fingerprint density at radius 3 is 2.78 bits per heavy atom. The van der Waals surface area contributed by atoms with Gasteiger partial charge >= 0.3 is 0 Å². The van der Waals surface area contributed by atoms with Gasteiger partial charge in [0.05, 0.1) is 30.1 Å². The van der Waals surface area contributed by atoms with Crippen molar-refractivity contribution in [2.24, 2.45) is 5.92 Å². The molecular formula is C18H21N3O2. The minimum absolute atomic E-state index is 0.0243. The Kier molecular flexibility index (Phi) is 4.19. The number of hydrogen-bond donors (Lipinski definition) is 0. The topological polar surface area (TPSA) is 50.8 Å². The summed E-state index contributed by atoms with van der Waals surface area (Å²) in [6, 6.07) is 9.54.